The SMILES string of the molecule is CC1=C[C@@H]2Cc3nc(OC(=O)Nc4ccncc4)ccc3[C@](N)(C1)/C2=C(/C)N. The van der Waals surface area contributed by atoms with Gasteiger partial charge in [-0.1, -0.05) is 11.6 Å². The Morgan fingerprint density at radius 3 is 2.75 bits per heavy atom. The second kappa shape index (κ2) is 6.76. The Kier molecular flexibility index (Phi) is 4.39. The number of hydrogen-bond acceptors (Lipinski definition) is 6. The molecule has 7 heteroatoms. The number of allylic oxidation sites excluding steroid dienone is 2. The van der Waals surface area contributed by atoms with Crippen LogP contribution in [0.25, 0.3) is 0 Å². The van der Waals surface area contributed by atoms with E-state index in [-0.39, 0.29) is 11.8 Å². The number of fused-ring (bicyclic) bond motifs is 4. The molecule has 4 rings (SSSR count). The average Bonchev–Trinajstić information content (AvgIpc) is 2.60. The molecule has 0 spiro atoms. The summed E-state index contributed by atoms with van der Waals surface area (Å²) in [6.07, 6.45) is 6.17. The van der Waals surface area contributed by atoms with Crippen molar-refractivity contribution in [2.24, 2.45) is 17.4 Å². The molecule has 2 aromatic rings. The topological polar surface area (TPSA) is 116 Å². The van der Waals surface area contributed by atoms with Gasteiger partial charge >= 0.3 is 6.09 Å². The summed E-state index contributed by atoms with van der Waals surface area (Å²) in [5, 5.41) is 2.65. The lowest BCUT2D eigenvalue weighted by atomic mass is 9.63. The molecule has 1 amide bonds. The number of anilines is 1. The van der Waals surface area contributed by atoms with Gasteiger partial charge in [0.2, 0.25) is 5.88 Å². The molecule has 2 atom stereocenters. The number of hydrogen-bond donors (Lipinski definition) is 3. The zero-order valence-electron chi connectivity index (χ0n) is 15.9. The number of rotatable bonds is 2. The first-order chi connectivity index (χ1) is 13.4. The van der Waals surface area contributed by atoms with Gasteiger partial charge in [-0.15, -0.1) is 0 Å². The normalized spacial score (nSPS) is 24.7. The van der Waals surface area contributed by atoms with Crippen molar-refractivity contribution in [1.82, 2.24) is 9.97 Å². The predicted molar refractivity (Wildman–Crippen MR) is 106 cm³/mol. The van der Waals surface area contributed by atoms with Crippen LogP contribution in [-0.4, -0.2) is 16.1 Å². The maximum Gasteiger partial charge on any atom is 0.418 e. The van der Waals surface area contributed by atoms with Crippen LogP contribution in [0, 0.1) is 5.92 Å². The first kappa shape index (κ1) is 18.2. The zero-order chi connectivity index (χ0) is 19.9. The number of carbonyl (C=O) groups is 1. The first-order valence-corrected chi connectivity index (χ1v) is 9.19. The molecule has 2 aromatic heterocycles. The fourth-order valence-corrected chi connectivity index (χ4v) is 4.38. The molecule has 0 fully saturated rings. The minimum Gasteiger partial charge on any atom is -0.402 e. The molecular weight excluding hydrogens is 354 g/mol. The standard InChI is InChI=1S/C21H23N5O2/c1-12-9-14-10-17-16(21(23,11-12)19(14)13(2)22)3-4-18(26-17)28-20(27)25-15-5-7-24-8-6-15/h3-9,14H,10-11,22-23H2,1-2H3,(H,24,25,27)/b19-13-/t14-,21-/m1/s1. The molecule has 0 saturated heterocycles. The number of carbonyl (C=O) groups excluding carboxylic acids is 1. The van der Waals surface area contributed by atoms with Crippen molar-refractivity contribution >= 4 is 11.8 Å². The van der Waals surface area contributed by atoms with Crippen molar-refractivity contribution in [3.05, 3.63) is 70.8 Å². The molecule has 0 aliphatic heterocycles. The second-order valence-corrected chi connectivity index (χ2v) is 7.46. The average molecular weight is 377 g/mol. The molecule has 28 heavy (non-hydrogen) atoms. The summed E-state index contributed by atoms with van der Waals surface area (Å²) in [4.78, 5) is 20.6. The number of nitrogens with two attached hydrogens (primary N) is 2. The highest BCUT2D eigenvalue weighted by atomic mass is 16.6. The summed E-state index contributed by atoms with van der Waals surface area (Å²) < 4.78 is 5.36. The number of pyridine rings is 2. The second-order valence-electron chi connectivity index (χ2n) is 7.46. The fourth-order valence-electron chi connectivity index (χ4n) is 4.38. The van der Waals surface area contributed by atoms with Crippen LogP contribution in [0.2, 0.25) is 0 Å². The minimum atomic E-state index is -0.666. The molecule has 2 aliphatic rings. The van der Waals surface area contributed by atoms with E-state index < -0.39 is 11.6 Å². The van der Waals surface area contributed by atoms with Gasteiger partial charge in [0, 0.05) is 42.2 Å². The Morgan fingerprint density at radius 1 is 1.29 bits per heavy atom. The van der Waals surface area contributed by atoms with Gasteiger partial charge in [0.05, 0.1) is 11.2 Å². The van der Waals surface area contributed by atoms with E-state index in [1.807, 2.05) is 13.0 Å². The quantitative estimate of drug-likeness (QED) is 0.693. The van der Waals surface area contributed by atoms with Gasteiger partial charge in [-0.05, 0) is 49.6 Å². The third-order valence-electron chi connectivity index (χ3n) is 5.29. The number of nitrogens with one attached hydrogen (secondary N) is 1. The van der Waals surface area contributed by atoms with Crippen molar-refractivity contribution in [3.63, 3.8) is 0 Å². The summed E-state index contributed by atoms with van der Waals surface area (Å²) in [6, 6.07) is 6.93. The largest absolute Gasteiger partial charge is 0.418 e. The van der Waals surface area contributed by atoms with E-state index >= 15 is 0 Å². The van der Waals surface area contributed by atoms with Crippen molar-refractivity contribution in [3.8, 4) is 5.88 Å². The van der Waals surface area contributed by atoms with Crippen LogP contribution in [-0.2, 0) is 12.0 Å². The summed E-state index contributed by atoms with van der Waals surface area (Å²) in [5.74, 6) is 0.356. The molecule has 0 aromatic carbocycles. The Labute approximate surface area is 163 Å². The van der Waals surface area contributed by atoms with Crippen molar-refractivity contribution in [2.75, 3.05) is 5.32 Å². The van der Waals surface area contributed by atoms with E-state index in [1.54, 1.807) is 30.6 Å². The number of ether oxygens (including phenoxy) is 1. The first-order valence-electron chi connectivity index (χ1n) is 9.19. The summed E-state index contributed by atoms with van der Waals surface area (Å²) in [5.41, 5.74) is 17.8. The van der Waals surface area contributed by atoms with Crippen LogP contribution in [0.4, 0.5) is 10.5 Å². The van der Waals surface area contributed by atoms with Crippen LogP contribution in [0.5, 0.6) is 5.88 Å². The lowest BCUT2D eigenvalue weighted by Gasteiger charge is -2.45. The van der Waals surface area contributed by atoms with Crippen molar-refractivity contribution < 1.29 is 9.53 Å². The molecule has 0 radical (unpaired) electrons. The van der Waals surface area contributed by atoms with E-state index in [0.717, 1.165) is 22.5 Å². The van der Waals surface area contributed by atoms with Gasteiger partial charge in [0.25, 0.3) is 0 Å². The number of aromatic nitrogens is 2. The fraction of sp³-hybridized carbons (Fsp3) is 0.286. The van der Waals surface area contributed by atoms with Crippen LogP contribution < -0.4 is 21.5 Å². The summed E-state index contributed by atoms with van der Waals surface area (Å²) in [6.45, 7) is 3.99. The molecule has 0 saturated carbocycles. The lowest BCUT2D eigenvalue weighted by molar-refractivity contribution is 0.213. The molecule has 2 aliphatic carbocycles. The Hall–Kier alpha value is -3.19. The van der Waals surface area contributed by atoms with E-state index in [0.29, 0.717) is 18.5 Å². The van der Waals surface area contributed by atoms with Gasteiger partial charge in [0.1, 0.15) is 0 Å². The van der Waals surface area contributed by atoms with Crippen LogP contribution in [0.15, 0.2) is 59.6 Å². The predicted octanol–water partition coefficient (Wildman–Crippen LogP) is 3.00. The highest BCUT2D eigenvalue weighted by Gasteiger charge is 2.45. The monoisotopic (exact) mass is 377 g/mol. The Bertz CT molecular complexity index is 995. The van der Waals surface area contributed by atoms with E-state index in [1.165, 1.54) is 5.57 Å². The highest BCUT2D eigenvalue weighted by Crippen LogP contribution is 2.48. The molecule has 144 valence electrons. The van der Waals surface area contributed by atoms with Gasteiger partial charge in [0.15, 0.2) is 0 Å². The number of nitrogens with zero attached hydrogens (tertiary/aromatic N) is 2. The molecule has 5 N–H and O–H groups in total. The maximum atomic E-state index is 12.1. The zero-order valence-corrected chi connectivity index (χ0v) is 15.9. The molecule has 2 bridgehead atoms. The molecular formula is C21H23N5O2. The lowest BCUT2D eigenvalue weighted by Crippen LogP contribution is -2.49. The van der Waals surface area contributed by atoms with E-state index in [4.69, 9.17) is 16.2 Å². The van der Waals surface area contributed by atoms with Crippen molar-refractivity contribution in [2.45, 2.75) is 32.2 Å². The van der Waals surface area contributed by atoms with Gasteiger partial charge in [-0.25, -0.2) is 9.78 Å². The minimum absolute atomic E-state index is 0.115. The third-order valence-corrected chi connectivity index (χ3v) is 5.29. The maximum absolute atomic E-state index is 12.1. The van der Waals surface area contributed by atoms with Crippen LogP contribution >= 0.6 is 0 Å². The molecule has 7 nitrogen and oxygen atoms in total. The third kappa shape index (κ3) is 3.14. The highest BCUT2D eigenvalue weighted by molar-refractivity contribution is 5.85. The number of amides is 1. The van der Waals surface area contributed by atoms with Crippen LogP contribution in [0.1, 0.15) is 31.5 Å². The van der Waals surface area contributed by atoms with Gasteiger partial charge < -0.3 is 16.2 Å². The smallest absolute Gasteiger partial charge is 0.402 e. The molecule has 0 unspecified atom stereocenters. The summed E-state index contributed by atoms with van der Waals surface area (Å²) >= 11 is 0. The Balaban J connectivity index is 1.62. The molecule has 2 heterocycles. The summed E-state index contributed by atoms with van der Waals surface area (Å²) in [7, 11) is 0. The van der Waals surface area contributed by atoms with E-state index in [2.05, 4.69) is 28.3 Å². The van der Waals surface area contributed by atoms with Gasteiger partial charge in [-0.3, -0.25) is 10.3 Å². The van der Waals surface area contributed by atoms with Crippen LogP contribution in [0.3, 0.4) is 0 Å². The Morgan fingerprint density at radius 2 is 2.04 bits per heavy atom. The van der Waals surface area contributed by atoms with E-state index in [9.17, 15) is 4.79 Å². The van der Waals surface area contributed by atoms with Crippen molar-refractivity contribution in [1.29, 1.82) is 0 Å². The van der Waals surface area contributed by atoms with Gasteiger partial charge in [-0.2, -0.15) is 0 Å².